The van der Waals surface area contributed by atoms with Crippen LogP contribution in [-0.2, 0) is 4.31 Å². The minimum atomic E-state index is 0.549. The zero-order valence-corrected chi connectivity index (χ0v) is 11.0. The van der Waals surface area contributed by atoms with Crippen molar-refractivity contribution < 1.29 is 0 Å². The zero-order valence-electron chi connectivity index (χ0n) is 7.59. The molecule has 4 unspecified atom stereocenters. The minimum absolute atomic E-state index is 0.549. The molecule has 1 aromatic carbocycles. The summed E-state index contributed by atoms with van der Waals surface area (Å²) in [6, 6.07) is 11.1. The van der Waals surface area contributed by atoms with Gasteiger partial charge in [0, 0.05) is 0 Å². The monoisotopic (exact) mass is 314 g/mol. The Bertz CT molecular complexity index is 412. The molecule has 0 N–H and O–H groups in total. The Labute approximate surface area is 96.5 Å². The summed E-state index contributed by atoms with van der Waals surface area (Å²) in [4.78, 5) is 3.24. The van der Waals surface area contributed by atoms with Gasteiger partial charge >= 0.3 is 96.7 Å². The number of fused-ring (bicyclic) bond motifs is 3. The van der Waals surface area contributed by atoms with Crippen LogP contribution in [0.25, 0.3) is 0 Å². The van der Waals surface area contributed by atoms with Crippen LogP contribution < -0.4 is 0 Å². The summed E-state index contributed by atoms with van der Waals surface area (Å²) >= 11 is 1.83. The third-order valence-electron chi connectivity index (χ3n) is 3.31. The molecule has 2 heterocycles. The molecule has 0 saturated carbocycles. The molecule has 0 bridgehead atoms. The SMILES string of the molecule is C1=CC2(c3ccccc3)[Se]C2C2[Se]C12. The van der Waals surface area contributed by atoms with Crippen LogP contribution >= 0.6 is 0 Å². The Morgan fingerprint density at radius 1 is 1.14 bits per heavy atom. The van der Waals surface area contributed by atoms with Gasteiger partial charge in [-0.05, 0) is 0 Å². The molecular weight excluding hydrogens is 302 g/mol. The van der Waals surface area contributed by atoms with Crippen LogP contribution in [0.15, 0.2) is 42.5 Å². The molecule has 1 aliphatic carbocycles. The summed E-state index contributed by atoms with van der Waals surface area (Å²) in [5.74, 6) is 0. The fourth-order valence-electron chi connectivity index (χ4n) is 2.42. The molecule has 3 aliphatic rings. The van der Waals surface area contributed by atoms with Crippen molar-refractivity contribution in [2.45, 2.75) is 18.8 Å². The molecule has 0 aromatic heterocycles. The molecule has 0 spiro atoms. The predicted octanol–water partition coefficient (Wildman–Crippen LogP) is 2.25. The van der Waals surface area contributed by atoms with Crippen molar-refractivity contribution in [2.24, 2.45) is 0 Å². The van der Waals surface area contributed by atoms with Crippen LogP contribution in [0.2, 0.25) is 14.4 Å². The van der Waals surface area contributed by atoms with Crippen LogP contribution in [0.1, 0.15) is 5.56 Å². The van der Waals surface area contributed by atoms with Crippen LogP contribution in [0.4, 0.5) is 0 Å². The molecule has 0 nitrogen and oxygen atoms in total. The average Bonchev–Trinajstić information content (AvgIpc) is 3.11. The van der Waals surface area contributed by atoms with Crippen LogP contribution in [0.3, 0.4) is 0 Å². The molecule has 2 aliphatic heterocycles. The number of benzene rings is 1. The third-order valence-corrected chi connectivity index (χ3v) is 10.5. The first-order valence-electron chi connectivity index (χ1n) is 4.98. The molecule has 0 radical (unpaired) electrons. The molecule has 2 saturated heterocycles. The van der Waals surface area contributed by atoms with Crippen LogP contribution in [0, 0.1) is 0 Å². The van der Waals surface area contributed by atoms with Crippen LogP contribution in [-0.4, -0.2) is 29.9 Å². The van der Waals surface area contributed by atoms with Gasteiger partial charge in [-0.2, -0.15) is 0 Å². The van der Waals surface area contributed by atoms with Gasteiger partial charge in [-0.3, -0.25) is 0 Å². The molecule has 1 aromatic rings. The molecular formula is C12H10Se2. The van der Waals surface area contributed by atoms with E-state index < -0.39 is 0 Å². The maximum absolute atomic E-state index is 2.54. The summed E-state index contributed by atoms with van der Waals surface area (Å²) in [7, 11) is 0. The quantitative estimate of drug-likeness (QED) is 0.551. The van der Waals surface area contributed by atoms with Crippen molar-refractivity contribution in [3.05, 3.63) is 48.0 Å². The summed E-state index contributed by atoms with van der Waals surface area (Å²) < 4.78 is 0.549. The Morgan fingerprint density at radius 3 is 2.86 bits per heavy atom. The second-order valence-electron chi connectivity index (χ2n) is 4.12. The van der Waals surface area contributed by atoms with Gasteiger partial charge in [-0.25, -0.2) is 0 Å². The maximum atomic E-state index is 2.54. The first kappa shape index (κ1) is 8.19. The van der Waals surface area contributed by atoms with Gasteiger partial charge < -0.3 is 0 Å². The van der Waals surface area contributed by atoms with Gasteiger partial charge in [0.25, 0.3) is 0 Å². The van der Waals surface area contributed by atoms with E-state index in [2.05, 4.69) is 42.5 Å². The Kier molecular flexibility index (Phi) is 1.50. The Balaban J connectivity index is 1.80. The van der Waals surface area contributed by atoms with E-state index in [-0.39, 0.29) is 0 Å². The van der Waals surface area contributed by atoms with Crippen molar-refractivity contribution >= 4 is 29.9 Å². The van der Waals surface area contributed by atoms with Gasteiger partial charge in [0.2, 0.25) is 0 Å². The first-order valence-corrected chi connectivity index (χ1v) is 8.81. The molecule has 14 heavy (non-hydrogen) atoms. The van der Waals surface area contributed by atoms with Crippen molar-refractivity contribution in [1.29, 1.82) is 0 Å². The van der Waals surface area contributed by atoms with Crippen molar-refractivity contribution in [3.63, 3.8) is 0 Å². The molecule has 2 fully saturated rings. The summed E-state index contributed by atoms with van der Waals surface area (Å²) in [5, 5.41) is 0. The summed E-state index contributed by atoms with van der Waals surface area (Å²) in [6.45, 7) is 0. The van der Waals surface area contributed by atoms with Gasteiger partial charge in [-0.15, -0.1) is 0 Å². The fourth-order valence-corrected chi connectivity index (χ4v) is 9.90. The van der Waals surface area contributed by atoms with E-state index in [0.29, 0.717) is 4.31 Å². The molecule has 4 rings (SSSR count). The van der Waals surface area contributed by atoms with E-state index in [4.69, 9.17) is 0 Å². The standard InChI is InChI=1S/C12H10Se2/c1-2-4-8(5-3-1)12-7-6-9-10(13-9)11(12)14-12/h1-7,9-11H. The van der Waals surface area contributed by atoms with Crippen molar-refractivity contribution in [1.82, 2.24) is 0 Å². The first-order chi connectivity index (χ1) is 6.90. The van der Waals surface area contributed by atoms with Gasteiger partial charge in [0.05, 0.1) is 0 Å². The molecule has 70 valence electrons. The van der Waals surface area contributed by atoms with Crippen molar-refractivity contribution in [3.8, 4) is 0 Å². The summed E-state index contributed by atoms with van der Waals surface area (Å²) in [5.41, 5.74) is 1.59. The Morgan fingerprint density at radius 2 is 2.00 bits per heavy atom. The second kappa shape index (κ2) is 2.57. The zero-order chi connectivity index (χ0) is 9.17. The van der Waals surface area contributed by atoms with Gasteiger partial charge in [-0.1, -0.05) is 0 Å². The molecule has 4 atom stereocenters. The normalized spacial score (nSPS) is 46.7. The Hall–Kier alpha value is -0.00104. The topological polar surface area (TPSA) is 0 Å². The van der Waals surface area contributed by atoms with Crippen LogP contribution in [0.5, 0.6) is 0 Å². The molecule has 0 amide bonds. The number of allylic oxidation sites excluding steroid dienone is 2. The van der Waals surface area contributed by atoms with E-state index in [1.54, 1.807) is 5.56 Å². The van der Waals surface area contributed by atoms with E-state index >= 15 is 0 Å². The van der Waals surface area contributed by atoms with Crippen molar-refractivity contribution in [2.75, 3.05) is 0 Å². The third kappa shape index (κ3) is 0.954. The number of hydrogen-bond donors (Lipinski definition) is 0. The number of rotatable bonds is 1. The average molecular weight is 312 g/mol. The number of hydrogen-bond acceptors (Lipinski definition) is 0. The van der Waals surface area contributed by atoms with E-state index in [1.807, 2.05) is 0 Å². The fraction of sp³-hybridized carbons (Fsp3) is 0.333. The van der Waals surface area contributed by atoms with E-state index in [0.717, 1.165) is 44.4 Å². The van der Waals surface area contributed by atoms with E-state index in [1.165, 1.54) is 0 Å². The van der Waals surface area contributed by atoms with E-state index in [9.17, 15) is 0 Å². The molecule has 2 heteroatoms. The van der Waals surface area contributed by atoms with Gasteiger partial charge in [0.15, 0.2) is 0 Å². The van der Waals surface area contributed by atoms with Gasteiger partial charge in [0.1, 0.15) is 0 Å². The summed E-state index contributed by atoms with van der Waals surface area (Å²) in [6.07, 6.45) is 5.06. The predicted molar refractivity (Wildman–Crippen MR) is 60.0 cm³/mol. The second-order valence-corrected chi connectivity index (χ2v) is 9.95.